The van der Waals surface area contributed by atoms with Gasteiger partial charge in [-0.3, -0.25) is 0 Å². The third-order valence-electron chi connectivity index (χ3n) is 3.59. The van der Waals surface area contributed by atoms with E-state index in [1.54, 1.807) is 0 Å². The van der Waals surface area contributed by atoms with E-state index in [2.05, 4.69) is 17.1 Å². The molecule has 1 heterocycles. The number of rotatable bonds is 4. The lowest BCUT2D eigenvalue weighted by Crippen LogP contribution is -2.10. The summed E-state index contributed by atoms with van der Waals surface area (Å²) in [5, 5.41) is 4.12. The standard InChI is InChI=1S/C13H23N3O/c1-2-7-11(14)13-15-12(16-17-13)10-8-5-3-4-6-9-10/h10-11H,2-9,14H2,1H3/t11-/m0/s1. The molecule has 4 heteroatoms. The molecule has 4 nitrogen and oxygen atoms in total. The van der Waals surface area contributed by atoms with Gasteiger partial charge in [0.2, 0.25) is 5.89 Å². The Hall–Kier alpha value is -0.900. The van der Waals surface area contributed by atoms with Crippen LogP contribution in [0, 0.1) is 0 Å². The molecule has 0 bridgehead atoms. The Balaban J connectivity index is 2.01. The van der Waals surface area contributed by atoms with Crippen molar-refractivity contribution in [1.29, 1.82) is 0 Å². The van der Waals surface area contributed by atoms with Gasteiger partial charge in [0.15, 0.2) is 5.82 Å². The lowest BCUT2D eigenvalue weighted by molar-refractivity contribution is 0.341. The molecule has 1 atom stereocenters. The van der Waals surface area contributed by atoms with Gasteiger partial charge in [0.05, 0.1) is 6.04 Å². The zero-order valence-electron chi connectivity index (χ0n) is 10.7. The summed E-state index contributed by atoms with van der Waals surface area (Å²) in [7, 11) is 0. The van der Waals surface area contributed by atoms with Crippen LogP contribution in [0.3, 0.4) is 0 Å². The van der Waals surface area contributed by atoms with Crippen molar-refractivity contribution in [2.75, 3.05) is 0 Å². The molecule has 96 valence electrons. The van der Waals surface area contributed by atoms with Crippen LogP contribution in [0.1, 0.15) is 82.0 Å². The lowest BCUT2D eigenvalue weighted by atomic mass is 10.00. The number of nitrogens with zero attached hydrogens (tertiary/aromatic N) is 2. The SMILES string of the molecule is CCC[C@H](N)c1nc(C2CCCCCC2)no1. The van der Waals surface area contributed by atoms with Crippen LogP contribution in [0.25, 0.3) is 0 Å². The molecule has 0 radical (unpaired) electrons. The number of nitrogens with two attached hydrogens (primary N) is 1. The smallest absolute Gasteiger partial charge is 0.243 e. The Labute approximate surface area is 103 Å². The molecule has 0 aliphatic heterocycles. The Morgan fingerprint density at radius 2 is 2.00 bits per heavy atom. The van der Waals surface area contributed by atoms with Gasteiger partial charge >= 0.3 is 0 Å². The number of aromatic nitrogens is 2. The highest BCUT2D eigenvalue weighted by molar-refractivity contribution is 4.98. The summed E-state index contributed by atoms with van der Waals surface area (Å²) in [6, 6.07) is -0.0907. The topological polar surface area (TPSA) is 64.9 Å². The van der Waals surface area contributed by atoms with Crippen molar-refractivity contribution in [3.05, 3.63) is 11.7 Å². The van der Waals surface area contributed by atoms with Crippen molar-refractivity contribution in [3.8, 4) is 0 Å². The minimum Gasteiger partial charge on any atom is -0.338 e. The van der Waals surface area contributed by atoms with Gasteiger partial charge in [-0.2, -0.15) is 4.98 Å². The normalized spacial score (nSPS) is 20.1. The second-order valence-electron chi connectivity index (χ2n) is 5.07. The number of hydrogen-bond donors (Lipinski definition) is 1. The molecule has 17 heavy (non-hydrogen) atoms. The van der Waals surface area contributed by atoms with E-state index in [1.165, 1.54) is 38.5 Å². The average molecular weight is 237 g/mol. The highest BCUT2D eigenvalue weighted by Crippen LogP contribution is 2.30. The zero-order chi connectivity index (χ0) is 12.1. The minimum atomic E-state index is -0.0907. The van der Waals surface area contributed by atoms with E-state index in [-0.39, 0.29) is 6.04 Å². The first kappa shape index (κ1) is 12.6. The highest BCUT2D eigenvalue weighted by atomic mass is 16.5. The molecule has 1 fully saturated rings. The molecule has 0 saturated heterocycles. The third-order valence-corrected chi connectivity index (χ3v) is 3.59. The molecular weight excluding hydrogens is 214 g/mol. The first-order valence-electron chi connectivity index (χ1n) is 6.90. The molecule has 1 aliphatic rings. The van der Waals surface area contributed by atoms with E-state index in [4.69, 9.17) is 10.3 Å². The summed E-state index contributed by atoms with van der Waals surface area (Å²) in [4.78, 5) is 4.49. The summed E-state index contributed by atoms with van der Waals surface area (Å²) in [5.41, 5.74) is 5.98. The second-order valence-corrected chi connectivity index (χ2v) is 5.07. The summed E-state index contributed by atoms with van der Waals surface area (Å²) in [6.45, 7) is 2.11. The quantitative estimate of drug-likeness (QED) is 0.816. The summed E-state index contributed by atoms with van der Waals surface area (Å²) in [6.07, 6.45) is 9.61. The predicted octanol–water partition coefficient (Wildman–Crippen LogP) is 3.31. The molecule has 0 aromatic carbocycles. The van der Waals surface area contributed by atoms with Crippen LogP contribution in [0.4, 0.5) is 0 Å². The van der Waals surface area contributed by atoms with Crippen LogP contribution in [-0.2, 0) is 0 Å². The van der Waals surface area contributed by atoms with Crippen molar-refractivity contribution in [2.45, 2.75) is 70.3 Å². The third kappa shape index (κ3) is 3.28. The largest absolute Gasteiger partial charge is 0.338 e. The lowest BCUT2D eigenvalue weighted by Gasteiger charge is -2.07. The molecule has 1 aliphatic carbocycles. The molecule has 0 amide bonds. The van der Waals surface area contributed by atoms with E-state index in [0.717, 1.165) is 18.7 Å². The maximum Gasteiger partial charge on any atom is 0.243 e. The Morgan fingerprint density at radius 1 is 1.29 bits per heavy atom. The van der Waals surface area contributed by atoms with Gasteiger partial charge in [0.25, 0.3) is 0 Å². The van der Waals surface area contributed by atoms with Crippen molar-refractivity contribution >= 4 is 0 Å². The summed E-state index contributed by atoms with van der Waals surface area (Å²) in [5.74, 6) is 1.99. The Morgan fingerprint density at radius 3 is 2.65 bits per heavy atom. The fourth-order valence-electron chi connectivity index (χ4n) is 2.54. The molecule has 2 rings (SSSR count). The van der Waals surface area contributed by atoms with Crippen molar-refractivity contribution in [2.24, 2.45) is 5.73 Å². The van der Waals surface area contributed by atoms with Crippen molar-refractivity contribution < 1.29 is 4.52 Å². The molecule has 1 aromatic heterocycles. The number of hydrogen-bond acceptors (Lipinski definition) is 4. The maximum absolute atomic E-state index is 5.98. The van der Waals surface area contributed by atoms with Crippen molar-refractivity contribution in [1.82, 2.24) is 10.1 Å². The van der Waals surface area contributed by atoms with E-state index in [0.29, 0.717) is 11.8 Å². The van der Waals surface area contributed by atoms with Gasteiger partial charge in [-0.1, -0.05) is 44.2 Å². The molecule has 0 unspecified atom stereocenters. The van der Waals surface area contributed by atoms with Gasteiger partial charge in [-0.15, -0.1) is 0 Å². The van der Waals surface area contributed by atoms with Crippen LogP contribution in [0.15, 0.2) is 4.52 Å². The van der Waals surface area contributed by atoms with Gasteiger partial charge in [0, 0.05) is 5.92 Å². The Kier molecular flexibility index (Phi) is 4.54. The van der Waals surface area contributed by atoms with Crippen LogP contribution in [0.2, 0.25) is 0 Å². The van der Waals surface area contributed by atoms with Gasteiger partial charge in [-0.25, -0.2) is 0 Å². The molecule has 2 N–H and O–H groups in total. The maximum atomic E-state index is 5.98. The van der Waals surface area contributed by atoms with E-state index >= 15 is 0 Å². The van der Waals surface area contributed by atoms with Crippen LogP contribution >= 0.6 is 0 Å². The Bertz CT molecular complexity index is 329. The molecule has 0 spiro atoms. The molecule has 1 aromatic rings. The fourth-order valence-corrected chi connectivity index (χ4v) is 2.54. The monoisotopic (exact) mass is 237 g/mol. The molecular formula is C13H23N3O. The van der Waals surface area contributed by atoms with Gasteiger partial charge < -0.3 is 10.3 Å². The average Bonchev–Trinajstić information content (AvgIpc) is 2.66. The van der Waals surface area contributed by atoms with Gasteiger partial charge in [0.1, 0.15) is 0 Å². The van der Waals surface area contributed by atoms with Crippen LogP contribution < -0.4 is 5.73 Å². The molecule has 1 saturated carbocycles. The first-order valence-corrected chi connectivity index (χ1v) is 6.90. The van der Waals surface area contributed by atoms with E-state index in [1.807, 2.05) is 0 Å². The summed E-state index contributed by atoms with van der Waals surface area (Å²) >= 11 is 0. The van der Waals surface area contributed by atoms with E-state index in [9.17, 15) is 0 Å². The predicted molar refractivity (Wildman–Crippen MR) is 66.6 cm³/mol. The van der Waals surface area contributed by atoms with E-state index < -0.39 is 0 Å². The summed E-state index contributed by atoms with van der Waals surface area (Å²) < 4.78 is 5.29. The zero-order valence-corrected chi connectivity index (χ0v) is 10.7. The first-order chi connectivity index (χ1) is 8.31. The van der Waals surface area contributed by atoms with Gasteiger partial charge in [-0.05, 0) is 19.3 Å². The minimum absolute atomic E-state index is 0.0907. The second kappa shape index (κ2) is 6.15. The van der Waals surface area contributed by atoms with Crippen LogP contribution in [-0.4, -0.2) is 10.1 Å². The highest BCUT2D eigenvalue weighted by Gasteiger charge is 2.21. The van der Waals surface area contributed by atoms with Crippen molar-refractivity contribution in [3.63, 3.8) is 0 Å². The van der Waals surface area contributed by atoms with Crippen LogP contribution in [0.5, 0.6) is 0 Å². The fraction of sp³-hybridized carbons (Fsp3) is 0.846.